The quantitative estimate of drug-likeness (QED) is 0.0262. The average molecular weight is 952 g/mol. The minimum absolute atomic E-state index is 0.0736. The Morgan fingerprint density at radius 2 is 0.574 bits per heavy atom. The van der Waals surface area contributed by atoms with Gasteiger partial charge in [-0.15, -0.1) is 0 Å². The zero-order chi connectivity index (χ0) is 49.3. The van der Waals surface area contributed by atoms with E-state index >= 15 is 0 Å². The third-order valence-corrected chi connectivity index (χ3v) is 12.8. The summed E-state index contributed by atoms with van der Waals surface area (Å²) < 4.78 is 16.8. The summed E-state index contributed by atoms with van der Waals surface area (Å²) in [6.45, 7) is 6.49. The fourth-order valence-electron chi connectivity index (χ4n) is 8.37. The minimum atomic E-state index is -0.771. The molecule has 0 aromatic heterocycles. The van der Waals surface area contributed by atoms with Crippen LogP contribution in [0.2, 0.25) is 0 Å². The Labute approximate surface area is 421 Å². The summed E-state index contributed by atoms with van der Waals surface area (Å²) in [6, 6.07) is 0. The monoisotopic (exact) mass is 951 g/mol. The van der Waals surface area contributed by atoms with Crippen molar-refractivity contribution in [1.82, 2.24) is 0 Å². The molecule has 0 saturated heterocycles. The van der Waals surface area contributed by atoms with E-state index in [1.54, 1.807) is 0 Å². The van der Waals surface area contributed by atoms with Gasteiger partial charge >= 0.3 is 17.9 Å². The maximum atomic E-state index is 12.8. The minimum Gasteiger partial charge on any atom is -0.462 e. The Balaban J connectivity index is 4.11. The summed E-state index contributed by atoms with van der Waals surface area (Å²) in [5.41, 5.74) is 0. The molecule has 0 spiro atoms. The molecule has 0 N–H and O–H groups in total. The summed E-state index contributed by atoms with van der Waals surface area (Å²) in [7, 11) is 0. The number of hydrogen-bond acceptors (Lipinski definition) is 6. The number of carbonyl (C=O) groups is 3. The maximum Gasteiger partial charge on any atom is 0.306 e. The van der Waals surface area contributed by atoms with Gasteiger partial charge in [0.2, 0.25) is 0 Å². The Morgan fingerprint density at radius 1 is 0.309 bits per heavy atom. The molecule has 0 aliphatic carbocycles. The number of unbranched alkanes of at least 4 members (excludes halogenated alkanes) is 32. The molecule has 0 aliphatic rings. The van der Waals surface area contributed by atoms with Crippen molar-refractivity contribution in [3.05, 3.63) is 60.8 Å². The van der Waals surface area contributed by atoms with Gasteiger partial charge in [0, 0.05) is 19.3 Å². The largest absolute Gasteiger partial charge is 0.462 e. The van der Waals surface area contributed by atoms with Gasteiger partial charge in [-0.05, 0) is 83.5 Å². The first-order valence-corrected chi connectivity index (χ1v) is 29.3. The maximum absolute atomic E-state index is 12.8. The highest BCUT2D eigenvalue weighted by atomic mass is 16.6. The molecule has 0 fully saturated rings. The SMILES string of the molecule is CC/C=C\C/C=C\C/C=C\C/C=C\CCCCCCCCCCCCCCC(=O)OCC(COC(=O)CCCCCCCC)OC(=O)CCCCCCCCCCC/C=C\CCCCCCCC. The Morgan fingerprint density at radius 3 is 0.912 bits per heavy atom. The molecule has 0 aromatic carbocycles. The lowest BCUT2D eigenvalue weighted by molar-refractivity contribution is -0.167. The Bertz CT molecular complexity index is 1230. The van der Waals surface area contributed by atoms with E-state index in [4.69, 9.17) is 14.2 Å². The van der Waals surface area contributed by atoms with Gasteiger partial charge in [-0.1, -0.05) is 255 Å². The molecule has 0 bridgehead atoms. The Kier molecular flexibility index (Phi) is 54.3. The first-order chi connectivity index (χ1) is 33.5. The lowest BCUT2D eigenvalue weighted by atomic mass is 10.0. The van der Waals surface area contributed by atoms with Crippen LogP contribution >= 0.6 is 0 Å². The van der Waals surface area contributed by atoms with Gasteiger partial charge < -0.3 is 14.2 Å². The second-order valence-electron chi connectivity index (χ2n) is 19.5. The summed E-state index contributed by atoms with van der Waals surface area (Å²) in [5.74, 6) is -0.876. The molecule has 0 heterocycles. The third-order valence-electron chi connectivity index (χ3n) is 12.8. The molecule has 0 saturated carbocycles. The number of ether oxygens (including phenoxy) is 3. The smallest absolute Gasteiger partial charge is 0.306 e. The lowest BCUT2D eigenvalue weighted by Gasteiger charge is -2.18. The third kappa shape index (κ3) is 54.1. The van der Waals surface area contributed by atoms with E-state index in [1.807, 2.05) is 0 Å². The van der Waals surface area contributed by atoms with Crippen molar-refractivity contribution < 1.29 is 28.6 Å². The fourth-order valence-corrected chi connectivity index (χ4v) is 8.37. The first kappa shape index (κ1) is 65.1. The van der Waals surface area contributed by atoms with E-state index in [2.05, 4.69) is 81.5 Å². The van der Waals surface area contributed by atoms with Gasteiger partial charge in [-0.3, -0.25) is 14.4 Å². The summed E-state index contributed by atoms with van der Waals surface area (Å²) >= 11 is 0. The van der Waals surface area contributed by atoms with Crippen molar-refractivity contribution >= 4 is 17.9 Å². The number of allylic oxidation sites excluding steroid dienone is 10. The van der Waals surface area contributed by atoms with Crippen molar-refractivity contribution in [2.24, 2.45) is 0 Å². The van der Waals surface area contributed by atoms with Gasteiger partial charge in [-0.2, -0.15) is 0 Å². The van der Waals surface area contributed by atoms with E-state index in [9.17, 15) is 14.4 Å². The van der Waals surface area contributed by atoms with Gasteiger partial charge in [-0.25, -0.2) is 0 Å². The number of carbonyl (C=O) groups excluding carboxylic acids is 3. The zero-order valence-corrected chi connectivity index (χ0v) is 45.1. The second-order valence-corrected chi connectivity index (χ2v) is 19.5. The molecule has 68 heavy (non-hydrogen) atoms. The van der Waals surface area contributed by atoms with Crippen molar-refractivity contribution in [1.29, 1.82) is 0 Å². The van der Waals surface area contributed by atoms with Gasteiger partial charge in [0.25, 0.3) is 0 Å². The van der Waals surface area contributed by atoms with Crippen molar-refractivity contribution in [3.8, 4) is 0 Å². The van der Waals surface area contributed by atoms with Crippen molar-refractivity contribution in [2.45, 2.75) is 303 Å². The van der Waals surface area contributed by atoms with Crippen molar-refractivity contribution in [2.75, 3.05) is 13.2 Å². The van der Waals surface area contributed by atoms with E-state index in [1.165, 1.54) is 173 Å². The van der Waals surface area contributed by atoms with Gasteiger partial charge in [0.15, 0.2) is 6.10 Å². The van der Waals surface area contributed by atoms with Crippen LogP contribution in [0.1, 0.15) is 297 Å². The lowest BCUT2D eigenvalue weighted by Crippen LogP contribution is -2.30. The van der Waals surface area contributed by atoms with Gasteiger partial charge in [0.05, 0.1) is 0 Å². The average Bonchev–Trinajstić information content (AvgIpc) is 3.34. The molecule has 0 aromatic rings. The van der Waals surface area contributed by atoms with Crippen LogP contribution in [-0.2, 0) is 28.6 Å². The van der Waals surface area contributed by atoms with Crippen molar-refractivity contribution in [3.63, 3.8) is 0 Å². The van der Waals surface area contributed by atoms with Crippen LogP contribution in [-0.4, -0.2) is 37.2 Å². The van der Waals surface area contributed by atoms with Crippen LogP contribution in [0.15, 0.2) is 60.8 Å². The summed E-state index contributed by atoms with van der Waals surface area (Å²) in [6.07, 6.45) is 71.0. The first-order valence-electron chi connectivity index (χ1n) is 29.3. The molecule has 1 atom stereocenters. The molecule has 0 aliphatic heterocycles. The number of hydrogen-bond donors (Lipinski definition) is 0. The van der Waals surface area contributed by atoms with E-state index in [0.717, 1.165) is 83.5 Å². The highest BCUT2D eigenvalue weighted by molar-refractivity contribution is 5.71. The summed E-state index contributed by atoms with van der Waals surface area (Å²) in [5, 5.41) is 0. The molecule has 0 amide bonds. The molecule has 394 valence electrons. The molecule has 0 radical (unpaired) electrons. The van der Waals surface area contributed by atoms with E-state index in [-0.39, 0.29) is 31.1 Å². The normalized spacial score (nSPS) is 12.5. The predicted molar refractivity (Wildman–Crippen MR) is 293 cm³/mol. The topological polar surface area (TPSA) is 78.9 Å². The van der Waals surface area contributed by atoms with E-state index in [0.29, 0.717) is 19.3 Å². The van der Waals surface area contributed by atoms with Crippen LogP contribution in [0, 0.1) is 0 Å². The molecule has 0 rings (SSSR count). The van der Waals surface area contributed by atoms with E-state index < -0.39 is 6.10 Å². The zero-order valence-electron chi connectivity index (χ0n) is 45.1. The van der Waals surface area contributed by atoms with Crippen LogP contribution in [0.25, 0.3) is 0 Å². The highest BCUT2D eigenvalue weighted by Crippen LogP contribution is 2.16. The van der Waals surface area contributed by atoms with Crippen LogP contribution in [0.4, 0.5) is 0 Å². The molecular weight excluding hydrogens is 841 g/mol. The molecule has 6 heteroatoms. The number of rotatable bonds is 53. The Hall–Kier alpha value is -2.89. The fraction of sp³-hybridized carbons (Fsp3) is 0.790. The number of esters is 3. The molecule has 1 unspecified atom stereocenters. The van der Waals surface area contributed by atoms with Crippen LogP contribution < -0.4 is 0 Å². The van der Waals surface area contributed by atoms with Crippen LogP contribution in [0.3, 0.4) is 0 Å². The predicted octanol–water partition coefficient (Wildman–Crippen LogP) is 19.6. The highest BCUT2D eigenvalue weighted by Gasteiger charge is 2.19. The molecular formula is C62H110O6. The summed E-state index contributed by atoms with van der Waals surface area (Å²) in [4.78, 5) is 37.9. The molecule has 6 nitrogen and oxygen atoms in total. The van der Waals surface area contributed by atoms with Gasteiger partial charge in [0.1, 0.15) is 13.2 Å². The standard InChI is InChI=1S/C62H110O6/c1-4-7-10-13-16-18-20-22-24-26-28-29-30-31-32-33-35-36-38-40-42-44-46-49-52-55-61(64)67-58-59(57-66-60(63)54-51-48-15-12-9-6-3)68-62(65)56-53-50-47-45-43-41-39-37-34-27-25-23-21-19-17-14-11-8-5-2/h7,10,16,18,22-25,28-29,59H,4-6,8-9,11-15,17,19-21,26-27,30-58H2,1-3H3/b10-7-,18-16-,24-22-,25-23-,29-28-. The second kappa shape index (κ2) is 56.7. The van der Waals surface area contributed by atoms with Crippen LogP contribution in [0.5, 0.6) is 0 Å².